The van der Waals surface area contributed by atoms with Crippen LogP contribution >= 0.6 is 0 Å². The molecule has 1 fully saturated rings. The van der Waals surface area contributed by atoms with Gasteiger partial charge in [0.1, 0.15) is 36.3 Å². The first-order valence-electron chi connectivity index (χ1n) is 10.1. The van der Waals surface area contributed by atoms with Crippen LogP contribution in [0.4, 0.5) is 0 Å². The number of aliphatic hydroxyl groups excluding tert-OH is 7. The minimum Gasteiger partial charge on any atom is -0.479 e. The summed E-state index contributed by atoms with van der Waals surface area (Å²) in [4.78, 5) is 11.2. The summed E-state index contributed by atoms with van der Waals surface area (Å²) in [6, 6.07) is 5.94. The van der Waals surface area contributed by atoms with Crippen molar-refractivity contribution in [2.45, 2.75) is 68.8 Å². The molecule has 0 bridgehead atoms. The van der Waals surface area contributed by atoms with Gasteiger partial charge in [0.2, 0.25) is 6.29 Å². The largest absolute Gasteiger partial charge is 0.479 e. The molecule has 4 unspecified atom stereocenters. The molecule has 33 heavy (non-hydrogen) atoms. The van der Waals surface area contributed by atoms with E-state index >= 15 is 0 Å². The zero-order chi connectivity index (χ0) is 24.7. The molecule has 1 heterocycles. The summed E-state index contributed by atoms with van der Waals surface area (Å²) >= 11 is 0. The Bertz CT molecular complexity index is 725. The molecule has 1 aromatic rings. The molecule has 1 saturated heterocycles. The molecule has 9 atom stereocenters. The van der Waals surface area contributed by atoms with Gasteiger partial charge in [-0.2, -0.15) is 0 Å². The van der Waals surface area contributed by atoms with E-state index in [0.29, 0.717) is 5.56 Å². The second-order valence-corrected chi connectivity index (χ2v) is 7.52. The Labute approximate surface area is 189 Å². The van der Waals surface area contributed by atoms with Gasteiger partial charge in [-0.05, 0) is 24.6 Å². The van der Waals surface area contributed by atoms with E-state index in [1.54, 1.807) is 0 Å². The molecule has 1 aromatic carbocycles. The molecule has 8 N–H and O–H groups in total. The number of carbonyl (C=O) groups is 1. The second kappa shape index (κ2) is 12.5. The second-order valence-electron chi connectivity index (χ2n) is 7.52. The van der Waals surface area contributed by atoms with E-state index in [2.05, 4.69) is 0 Å². The molecule has 1 aliphatic rings. The molecule has 0 aromatic heterocycles. The van der Waals surface area contributed by atoms with Crippen LogP contribution in [0.15, 0.2) is 24.3 Å². The van der Waals surface area contributed by atoms with E-state index in [0.717, 1.165) is 0 Å². The van der Waals surface area contributed by atoms with E-state index in [9.17, 15) is 40.5 Å². The topological polar surface area (TPSA) is 216 Å². The SMILES string of the molecule is C[C@H](O)C(O[C@@H](Oc1ccc(COC2OC(CO)[C@@H](O)[C@H](O)C2O)cc1)[C@@H](O)CO)C(=O)O. The van der Waals surface area contributed by atoms with Crippen molar-refractivity contribution in [3.63, 3.8) is 0 Å². The van der Waals surface area contributed by atoms with Crippen LogP contribution in [0.3, 0.4) is 0 Å². The zero-order valence-electron chi connectivity index (χ0n) is 17.7. The maximum atomic E-state index is 11.2. The number of rotatable bonds is 12. The van der Waals surface area contributed by atoms with Crippen molar-refractivity contribution in [3.8, 4) is 5.75 Å². The lowest BCUT2D eigenvalue weighted by atomic mass is 9.99. The van der Waals surface area contributed by atoms with E-state index < -0.39 is 74.5 Å². The Morgan fingerprint density at radius 3 is 2.21 bits per heavy atom. The predicted octanol–water partition coefficient (Wildman–Crippen LogP) is -3.09. The molecular weight excluding hydrogens is 448 g/mol. The third kappa shape index (κ3) is 7.28. The molecule has 0 saturated carbocycles. The lowest BCUT2D eigenvalue weighted by Crippen LogP contribution is -2.59. The molecule has 0 amide bonds. The Morgan fingerprint density at radius 1 is 1.06 bits per heavy atom. The van der Waals surface area contributed by atoms with Gasteiger partial charge in [0.25, 0.3) is 0 Å². The van der Waals surface area contributed by atoms with Crippen molar-refractivity contribution in [2.24, 2.45) is 0 Å². The lowest BCUT2D eigenvalue weighted by Gasteiger charge is -2.39. The van der Waals surface area contributed by atoms with Crippen molar-refractivity contribution in [3.05, 3.63) is 29.8 Å². The van der Waals surface area contributed by atoms with Gasteiger partial charge in [-0.25, -0.2) is 4.79 Å². The van der Waals surface area contributed by atoms with Crippen LogP contribution in [0.5, 0.6) is 5.75 Å². The van der Waals surface area contributed by atoms with Crippen LogP contribution in [-0.2, 0) is 25.6 Å². The summed E-state index contributed by atoms with van der Waals surface area (Å²) in [6.07, 6.45) is -13.3. The number of benzene rings is 1. The molecule has 0 spiro atoms. The number of hydrogen-bond donors (Lipinski definition) is 8. The van der Waals surface area contributed by atoms with Gasteiger partial charge in [0, 0.05) is 0 Å². The number of ether oxygens (including phenoxy) is 4. The Hall–Kier alpha value is -1.91. The van der Waals surface area contributed by atoms with E-state index in [4.69, 9.17) is 24.1 Å². The number of hydrogen-bond acceptors (Lipinski definition) is 12. The Kier molecular flexibility index (Phi) is 10.4. The minimum atomic E-state index is -1.71. The highest BCUT2D eigenvalue weighted by Crippen LogP contribution is 2.24. The molecular formula is C20H30O13. The summed E-state index contributed by atoms with van der Waals surface area (Å²) in [5.41, 5.74) is 0.562. The number of carboxylic acids is 1. The lowest BCUT2D eigenvalue weighted by molar-refractivity contribution is -0.304. The smallest absolute Gasteiger partial charge is 0.335 e. The quantitative estimate of drug-likeness (QED) is 0.140. The van der Waals surface area contributed by atoms with Gasteiger partial charge < -0.3 is 59.8 Å². The van der Waals surface area contributed by atoms with Gasteiger partial charge in [-0.15, -0.1) is 0 Å². The van der Waals surface area contributed by atoms with Gasteiger partial charge in [-0.1, -0.05) is 12.1 Å². The fourth-order valence-electron chi connectivity index (χ4n) is 2.99. The van der Waals surface area contributed by atoms with Gasteiger partial charge in [0.05, 0.1) is 25.9 Å². The van der Waals surface area contributed by atoms with Crippen molar-refractivity contribution in [1.29, 1.82) is 0 Å². The normalized spacial score (nSPS) is 29.2. The fourth-order valence-corrected chi connectivity index (χ4v) is 2.99. The summed E-state index contributed by atoms with van der Waals surface area (Å²) in [5, 5.41) is 76.5. The van der Waals surface area contributed by atoms with Crippen molar-refractivity contribution in [2.75, 3.05) is 13.2 Å². The third-order valence-electron chi connectivity index (χ3n) is 4.90. The highest BCUT2D eigenvalue weighted by molar-refractivity contribution is 5.73. The van der Waals surface area contributed by atoms with Gasteiger partial charge in [0.15, 0.2) is 12.4 Å². The fraction of sp³-hybridized carbons (Fsp3) is 0.650. The molecule has 0 radical (unpaired) electrons. The summed E-state index contributed by atoms with van der Waals surface area (Å²) in [7, 11) is 0. The Morgan fingerprint density at radius 2 is 1.70 bits per heavy atom. The third-order valence-corrected chi connectivity index (χ3v) is 4.90. The highest BCUT2D eigenvalue weighted by atomic mass is 16.7. The van der Waals surface area contributed by atoms with Crippen LogP contribution in [0.1, 0.15) is 12.5 Å². The summed E-state index contributed by atoms with van der Waals surface area (Å²) in [6.45, 7) is -0.282. The Balaban J connectivity index is 1.99. The first kappa shape index (κ1) is 27.3. The number of aliphatic hydroxyl groups is 7. The molecule has 0 aliphatic carbocycles. The van der Waals surface area contributed by atoms with Crippen LogP contribution < -0.4 is 4.74 Å². The maximum absolute atomic E-state index is 11.2. The summed E-state index contributed by atoms with van der Waals surface area (Å²) in [5.74, 6) is -1.34. The van der Waals surface area contributed by atoms with Gasteiger partial charge in [-0.3, -0.25) is 0 Å². The highest BCUT2D eigenvalue weighted by Gasteiger charge is 2.44. The van der Waals surface area contributed by atoms with Crippen LogP contribution in [-0.4, -0.2) is 115 Å². The molecule has 2 rings (SSSR count). The average molecular weight is 478 g/mol. The number of carboxylic acid groups (broad SMARTS) is 1. The molecule has 13 heteroatoms. The first-order chi connectivity index (χ1) is 15.6. The maximum Gasteiger partial charge on any atom is 0.335 e. The van der Waals surface area contributed by atoms with Crippen LogP contribution in [0, 0.1) is 0 Å². The van der Waals surface area contributed by atoms with Crippen molar-refractivity contribution in [1.82, 2.24) is 0 Å². The molecule has 1 aliphatic heterocycles. The van der Waals surface area contributed by atoms with Crippen LogP contribution in [0.25, 0.3) is 0 Å². The van der Waals surface area contributed by atoms with Crippen LogP contribution in [0.2, 0.25) is 0 Å². The zero-order valence-corrected chi connectivity index (χ0v) is 17.7. The van der Waals surface area contributed by atoms with E-state index in [1.165, 1.54) is 31.2 Å². The van der Waals surface area contributed by atoms with Gasteiger partial charge >= 0.3 is 5.97 Å². The molecule has 13 nitrogen and oxygen atoms in total. The monoisotopic (exact) mass is 478 g/mol. The first-order valence-corrected chi connectivity index (χ1v) is 10.1. The average Bonchev–Trinajstić information content (AvgIpc) is 2.79. The van der Waals surface area contributed by atoms with Crippen molar-refractivity contribution < 1.29 is 64.6 Å². The van der Waals surface area contributed by atoms with E-state index in [-0.39, 0.29) is 12.4 Å². The van der Waals surface area contributed by atoms with E-state index in [1.807, 2.05) is 0 Å². The summed E-state index contributed by atoms with van der Waals surface area (Å²) < 4.78 is 21.2. The molecule has 188 valence electrons. The van der Waals surface area contributed by atoms with Crippen molar-refractivity contribution >= 4 is 5.97 Å². The predicted molar refractivity (Wildman–Crippen MR) is 107 cm³/mol. The number of aliphatic carboxylic acids is 1. The standard InChI is InChI=1S/C20H30O13/c1-9(23)17(18(28)29)33-19(12(24)6-21)31-11-4-2-10(3-5-11)8-30-20-16(27)15(26)14(25)13(7-22)32-20/h2-5,9,12-17,19-27H,6-8H2,1H3,(H,28,29)/t9-,12-,13?,14+,15-,16?,17?,19+,20?/m0/s1. The minimum absolute atomic E-state index is 0.0920.